The molecule has 1 aromatic carbocycles. The second kappa shape index (κ2) is 7.69. The Kier molecular flexibility index (Phi) is 5.06. The number of amides is 2. The Balaban J connectivity index is 1.57. The van der Waals surface area contributed by atoms with Gasteiger partial charge < -0.3 is 9.47 Å². The fourth-order valence-corrected chi connectivity index (χ4v) is 4.34. The Morgan fingerprint density at radius 1 is 1.27 bits per heavy atom. The van der Waals surface area contributed by atoms with Crippen LogP contribution in [0.3, 0.4) is 0 Å². The lowest BCUT2D eigenvalue weighted by molar-refractivity contribution is -0.384. The van der Waals surface area contributed by atoms with Crippen LogP contribution in [0.4, 0.5) is 5.69 Å². The van der Waals surface area contributed by atoms with E-state index in [1.165, 1.54) is 24.4 Å². The van der Waals surface area contributed by atoms with Crippen LogP contribution in [0.5, 0.6) is 5.75 Å². The second-order valence-corrected chi connectivity index (χ2v) is 7.31. The van der Waals surface area contributed by atoms with Gasteiger partial charge in [-0.2, -0.15) is 10.1 Å². The maximum absolute atomic E-state index is 12.7. The fraction of sp³-hybridized carbons (Fsp3) is 0.400. The van der Waals surface area contributed by atoms with Crippen LogP contribution < -0.4 is 4.74 Å². The SMILES string of the molecule is CCOC(=O)COc1ccc([N+](=O)[O-])cc1C=NN1C(=O)C2C3C=CC(C3)C2C1=O. The van der Waals surface area contributed by atoms with Crippen LogP contribution in [0.1, 0.15) is 18.9 Å². The van der Waals surface area contributed by atoms with Crippen LogP contribution in [0.2, 0.25) is 0 Å². The predicted molar refractivity (Wildman–Crippen MR) is 102 cm³/mol. The molecule has 10 nitrogen and oxygen atoms in total. The van der Waals surface area contributed by atoms with Gasteiger partial charge in [0.1, 0.15) is 5.75 Å². The van der Waals surface area contributed by atoms with Crippen molar-refractivity contribution in [3.05, 3.63) is 46.0 Å². The molecule has 2 fully saturated rings. The van der Waals surface area contributed by atoms with Crippen LogP contribution in [0.15, 0.2) is 35.5 Å². The molecular weight excluding hydrogens is 394 g/mol. The number of imide groups is 1. The van der Waals surface area contributed by atoms with Gasteiger partial charge in [-0.15, -0.1) is 0 Å². The summed E-state index contributed by atoms with van der Waals surface area (Å²) in [5, 5.41) is 16.0. The van der Waals surface area contributed by atoms with Crippen molar-refractivity contribution in [1.29, 1.82) is 0 Å². The Morgan fingerprint density at radius 2 is 1.93 bits per heavy atom. The zero-order valence-electron chi connectivity index (χ0n) is 16.1. The number of nitrogens with zero attached hydrogens (tertiary/aromatic N) is 3. The van der Waals surface area contributed by atoms with E-state index < -0.39 is 29.3 Å². The summed E-state index contributed by atoms with van der Waals surface area (Å²) in [6, 6.07) is 3.74. The summed E-state index contributed by atoms with van der Waals surface area (Å²) >= 11 is 0. The minimum Gasteiger partial charge on any atom is -0.481 e. The normalized spacial score (nSPS) is 26.5. The van der Waals surface area contributed by atoms with Crippen molar-refractivity contribution in [2.75, 3.05) is 13.2 Å². The van der Waals surface area contributed by atoms with Crippen molar-refractivity contribution in [2.45, 2.75) is 13.3 Å². The smallest absolute Gasteiger partial charge is 0.344 e. The summed E-state index contributed by atoms with van der Waals surface area (Å²) in [6.07, 6.45) is 5.93. The van der Waals surface area contributed by atoms with Crippen molar-refractivity contribution < 1.29 is 28.8 Å². The van der Waals surface area contributed by atoms with Crippen molar-refractivity contribution in [2.24, 2.45) is 28.8 Å². The number of allylic oxidation sites excluding steroid dienone is 2. The summed E-state index contributed by atoms with van der Waals surface area (Å²) in [5.74, 6) is -1.87. The number of hydrogen-bond donors (Lipinski definition) is 0. The molecule has 1 saturated carbocycles. The highest BCUT2D eigenvalue weighted by molar-refractivity contribution is 6.07. The van der Waals surface area contributed by atoms with E-state index in [1.54, 1.807) is 6.92 Å². The lowest BCUT2D eigenvalue weighted by Gasteiger charge is -2.13. The first kappa shape index (κ1) is 19.7. The molecule has 4 atom stereocenters. The fourth-order valence-electron chi connectivity index (χ4n) is 4.34. The van der Waals surface area contributed by atoms with Gasteiger partial charge in [0.2, 0.25) is 0 Å². The molecule has 1 aromatic rings. The number of carbonyl (C=O) groups excluding carboxylic acids is 3. The minimum atomic E-state index is -0.598. The van der Waals surface area contributed by atoms with E-state index in [9.17, 15) is 24.5 Å². The third-order valence-electron chi connectivity index (χ3n) is 5.61. The highest BCUT2D eigenvalue weighted by Crippen LogP contribution is 2.52. The zero-order valence-corrected chi connectivity index (χ0v) is 16.1. The number of fused-ring (bicyclic) bond motifs is 5. The summed E-state index contributed by atoms with van der Waals surface area (Å²) in [6.45, 7) is 1.45. The third-order valence-corrected chi connectivity index (χ3v) is 5.61. The molecule has 10 heteroatoms. The first-order chi connectivity index (χ1) is 14.4. The largest absolute Gasteiger partial charge is 0.481 e. The number of benzene rings is 1. The van der Waals surface area contributed by atoms with Crippen molar-refractivity contribution >= 4 is 29.7 Å². The van der Waals surface area contributed by atoms with E-state index in [2.05, 4.69) is 5.10 Å². The number of nitro benzene ring substituents is 1. The molecular formula is C20H19N3O7. The average molecular weight is 413 g/mol. The number of esters is 1. The third kappa shape index (κ3) is 3.34. The Morgan fingerprint density at radius 3 is 2.53 bits per heavy atom. The van der Waals surface area contributed by atoms with Crippen molar-refractivity contribution in [3.63, 3.8) is 0 Å². The monoisotopic (exact) mass is 413 g/mol. The number of rotatable bonds is 7. The summed E-state index contributed by atoms with van der Waals surface area (Å²) in [7, 11) is 0. The van der Waals surface area contributed by atoms with E-state index >= 15 is 0 Å². The molecule has 4 unspecified atom stereocenters. The number of carbonyl (C=O) groups is 3. The average Bonchev–Trinajstić information content (AvgIpc) is 3.40. The number of nitro groups is 1. The van der Waals surface area contributed by atoms with Crippen molar-refractivity contribution in [3.8, 4) is 5.75 Å². The van der Waals surface area contributed by atoms with Gasteiger partial charge in [0.15, 0.2) is 6.61 Å². The van der Waals surface area contributed by atoms with Crippen LogP contribution in [-0.2, 0) is 19.1 Å². The Bertz CT molecular complexity index is 957. The van der Waals surface area contributed by atoms with E-state index in [0.717, 1.165) is 11.4 Å². The number of non-ortho nitro benzene ring substituents is 1. The molecule has 0 spiro atoms. The minimum absolute atomic E-state index is 0.0536. The summed E-state index contributed by atoms with van der Waals surface area (Å²) in [4.78, 5) is 47.5. The second-order valence-electron chi connectivity index (χ2n) is 7.31. The maximum Gasteiger partial charge on any atom is 0.344 e. The predicted octanol–water partition coefficient (Wildman–Crippen LogP) is 1.68. The Hall–Kier alpha value is -3.56. The molecule has 1 aliphatic heterocycles. The van der Waals surface area contributed by atoms with Crippen LogP contribution >= 0.6 is 0 Å². The van der Waals surface area contributed by atoms with Crippen LogP contribution in [0, 0.1) is 33.8 Å². The highest BCUT2D eigenvalue weighted by Gasteiger charge is 2.59. The van der Waals surface area contributed by atoms with E-state index in [1.807, 2.05) is 12.2 Å². The van der Waals surface area contributed by atoms with E-state index in [-0.39, 0.29) is 47.3 Å². The molecule has 156 valence electrons. The number of hydrogen-bond acceptors (Lipinski definition) is 8. The van der Waals surface area contributed by atoms with Gasteiger partial charge in [-0.05, 0) is 31.2 Å². The van der Waals surface area contributed by atoms with Gasteiger partial charge in [0.25, 0.3) is 17.5 Å². The molecule has 0 radical (unpaired) electrons. The molecule has 1 heterocycles. The molecule has 1 saturated heterocycles. The van der Waals surface area contributed by atoms with Crippen LogP contribution in [0.25, 0.3) is 0 Å². The molecule has 0 N–H and O–H groups in total. The lowest BCUT2D eigenvalue weighted by Crippen LogP contribution is -2.28. The first-order valence-corrected chi connectivity index (χ1v) is 9.57. The van der Waals surface area contributed by atoms with Gasteiger partial charge in [-0.25, -0.2) is 4.79 Å². The zero-order chi connectivity index (χ0) is 21.4. The Labute approximate surface area is 171 Å². The van der Waals surface area contributed by atoms with E-state index in [0.29, 0.717) is 0 Å². The standard InChI is InChI=1S/C20H19N3O7/c1-2-29-16(24)10-30-15-6-5-14(23(27)28)8-13(15)9-21-22-19(25)17-11-3-4-12(7-11)18(17)20(22)26/h3-6,8-9,11-12,17-18H,2,7,10H2,1H3. The first-order valence-electron chi connectivity index (χ1n) is 9.57. The van der Waals surface area contributed by atoms with Gasteiger partial charge in [-0.3, -0.25) is 19.7 Å². The quantitative estimate of drug-likeness (QED) is 0.166. The molecule has 2 amide bonds. The van der Waals surface area contributed by atoms with E-state index in [4.69, 9.17) is 9.47 Å². The molecule has 2 aliphatic carbocycles. The molecule has 30 heavy (non-hydrogen) atoms. The van der Waals surface area contributed by atoms with Gasteiger partial charge >= 0.3 is 5.97 Å². The molecule has 3 aliphatic rings. The summed E-state index contributed by atoms with van der Waals surface area (Å²) < 4.78 is 10.2. The molecule has 2 bridgehead atoms. The van der Waals surface area contributed by atoms with Gasteiger partial charge in [0.05, 0.1) is 29.6 Å². The lowest BCUT2D eigenvalue weighted by atomic mass is 9.85. The number of ether oxygens (including phenoxy) is 2. The van der Waals surface area contributed by atoms with Crippen molar-refractivity contribution in [1.82, 2.24) is 5.01 Å². The summed E-state index contributed by atoms with van der Waals surface area (Å²) in [5.41, 5.74) is -0.0645. The molecule has 0 aromatic heterocycles. The van der Waals surface area contributed by atoms with Gasteiger partial charge in [0, 0.05) is 17.7 Å². The highest BCUT2D eigenvalue weighted by atomic mass is 16.6. The maximum atomic E-state index is 12.7. The van der Waals surface area contributed by atoms with Gasteiger partial charge in [-0.1, -0.05) is 12.2 Å². The molecule has 4 rings (SSSR count). The number of hydrazone groups is 1. The van der Waals surface area contributed by atoms with Crippen LogP contribution in [-0.4, -0.2) is 47.1 Å². The topological polar surface area (TPSA) is 128 Å².